The monoisotopic (exact) mass is 415 g/mol. The second kappa shape index (κ2) is 14.5. The highest BCUT2D eigenvalue weighted by molar-refractivity contribution is 6.66. The summed E-state index contributed by atoms with van der Waals surface area (Å²) in [5.74, 6) is -0.803. The van der Waals surface area contributed by atoms with Crippen LogP contribution in [-0.2, 0) is 27.9 Å². The summed E-state index contributed by atoms with van der Waals surface area (Å²) in [6, 6.07) is 0.863. The zero-order valence-corrected chi connectivity index (χ0v) is 19.2. The van der Waals surface area contributed by atoms with Crippen LogP contribution in [0, 0.1) is 0 Å². The summed E-state index contributed by atoms with van der Waals surface area (Å²) in [4.78, 5) is 25.2. The van der Waals surface area contributed by atoms with Crippen molar-refractivity contribution in [1.29, 1.82) is 0 Å². The predicted octanol–water partition coefficient (Wildman–Crippen LogP) is 3.06. The van der Waals surface area contributed by atoms with Crippen LogP contribution in [0.5, 0.6) is 0 Å². The Bertz CT molecular complexity index is 485. The molecule has 0 N–H and O–H groups in total. The van der Waals surface area contributed by atoms with Gasteiger partial charge in [-0.25, -0.2) is 9.59 Å². The van der Waals surface area contributed by atoms with Crippen LogP contribution < -0.4 is 0 Å². The minimum Gasteiger partial charge on any atom is -0.461 e. The Morgan fingerprint density at radius 3 is 1.64 bits per heavy atom. The van der Waals surface area contributed by atoms with Crippen molar-refractivity contribution in [3.05, 3.63) is 24.3 Å². The van der Waals surface area contributed by atoms with E-state index in [0.29, 0.717) is 37.4 Å². The SMILES string of the molecule is C=C(C)C(=O)OCCN(CCC[Si](C)(OCC)OCC)CCOC(=O)C(=C)C. The number of hydrogen-bond acceptors (Lipinski definition) is 7. The number of hydrogen-bond donors (Lipinski definition) is 0. The van der Waals surface area contributed by atoms with Crippen LogP contribution in [0.1, 0.15) is 34.1 Å². The Morgan fingerprint density at radius 1 is 0.857 bits per heavy atom. The van der Waals surface area contributed by atoms with Crippen molar-refractivity contribution in [3.63, 3.8) is 0 Å². The lowest BCUT2D eigenvalue weighted by molar-refractivity contribution is -0.139. The Balaban J connectivity index is 4.59. The molecule has 0 unspecified atom stereocenters. The van der Waals surface area contributed by atoms with E-state index < -0.39 is 20.5 Å². The van der Waals surface area contributed by atoms with Crippen LogP contribution in [0.3, 0.4) is 0 Å². The maximum atomic E-state index is 11.5. The topological polar surface area (TPSA) is 74.3 Å². The van der Waals surface area contributed by atoms with Crippen molar-refractivity contribution < 1.29 is 27.9 Å². The lowest BCUT2D eigenvalue weighted by atomic mass is 10.3. The number of rotatable bonds is 16. The maximum absolute atomic E-state index is 11.5. The molecule has 0 spiro atoms. The highest BCUT2D eigenvalue weighted by Crippen LogP contribution is 2.16. The molecule has 0 aromatic heterocycles. The summed E-state index contributed by atoms with van der Waals surface area (Å²) in [6.07, 6.45) is 0.881. The lowest BCUT2D eigenvalue weighted by Gasteiger charge is -2.28. The Morgan fingerprint density at radius 2 is 1.29 bits per heavy atom. The predicted molar refractivity (Wildman–Crippen MR) is 112 cm³/mol. The summed E-state index contributed by atoms with van der Waals surface area (Å²) in [6.45, 7) is 20.0. The first-order valence-electron chi connectivity index (χ1n) is 9.80. The first-order chi connectivity index (χ1) is 13.1. The summed E-state index contributed by atoms with van der Waals surface area (Å²) in [7, 11) is -2.16. The Labute approximate surface area is 170 Å². The van der Waals surface area contributed by atoms with Gasteiger partial charge < -0.3 is 18.3 Å². The highest BCUT2D eigenvalue weighted by atomic mass is 28.4. The summed E-state index contributed by atoms with van der Waals surface area (Å²) < 4.78 is 22.1. The third-order valence-corrected chi connectivity index (χ3v) is 7.04. The van der Waals surface area contributed by atoms with Gasteiger partial charge in [0.2, 0.25) is 0 Å². The molecule has 0 heterocycles. The number of ether oxygens (including phenoxy) is 2. The van der Waals surface area contributed by atoms with Gasteiger partial charge in [-0.2, -0.15) is 0 Å². The van der Waals surface area contributed by atoms with E-state index in [1.165, 1.54) is 0 Å². The second-order valence-corrected chi connectivity index (χ2v) is 10.1. The highest BCUT2D eigenvalue weighted by Gasteiger charge is 2.30. The molecule has 0 aliphatic rings. The Hall–Kier alpha value is -1.48. The molecule has 0 radical (unpaired) electrons. The van der Waals surface area contributed by atoms with Crippen molar-refractivity contribution in [1.82, 2.24) is 4.90 Å². The summed E-state index contributed by atoms with van der Waals surface area (Å²) >= 11 is 0. The molecule has 0 aromatic rings. The molecule has 0 saturated carbocycles. The molecule has 7 nitrogen and oxygen atoms in total. The molecule has 0 amide bonds. The molecular formula is C20H37NO6Si. The normalized spacial score (nSPS) is 11.4. The van der Waals surface area contributed by atoms with E-state index in [4.69, 9.17) is 18.3 Å². The van der Waals surface area contributed by atoms with Crippen LogP contribution in [-0.4, -0.2) is 71.5 Å². The number of carbonyl (C=O) groups excluding carboxylic acids is 2. The van der Waals surface area contributed by atoms with Crippen molar-refractivity contribution in [2.75, 3.05) is 46.1 Å². The fraction of sp³-hybridized carbons (Fsp3) is 0.700. The van der Waals surface area contributed by atoms with Crippen LogP contribution in [0.25, 0.3) is 0 Å². The second-order valence-electron chi connectivity index (χ2n) is 6.78. The molecule has 0 atom stereocenters. The average Bonchev–Trinajstić information content (AvgIpc) is 2.61. The van der Waals surface area contributed by atoms with Crippen molar-refractivity contribution >= 4 is 20.5 Å². The van der Waals surface area contributed by atoms with Gasteiger partial charge in [-0.15, -0.1) is 0 Å². The minimum absolute atomic E-state index is 0.256. The van der Waals surface area contributed by atoms with Gasteiger partial charge in [0, 0.05) is 37.4 Å². The molecule has 0 fully saturated rings. The van der Waals surface area contributed by atoms with Gasteiger partial charge >= 0.3 is 20.5 Å². The van der Waals surface area contributed by atoms with Crippen molar-refractivity contribution in [3.8, 4) is 0 Å². The van der Waals surface area contributed by atoms with Gasteiger partial charge in [-0.3, -0.25) is 4.90 Å². The van der Waals surface area contributed by atoms with Gasteiger partial charge in [0.15, 0.2) is 0 Å². The molecule has 0 bridgehead atoms. The maximum Gasteiger partial charge on any atom is 0.334 e. The van der Waals surface area contributed by atoms with Crippen LogP contribution in [0.4, 0.5) is 0 Å². The first-order valence-corrected chi connectivity index (χ1v) is 12.3. The fourth-order valence-corrected chi connectivity index (χ4v) is 4.93. The molecule has 0 rings (SSSR count). The van der Waals surface area contributed by atoms with Gasteiger partial charge in [-0.1, -0.05) is 13.2 Å². The fourth-order valence-electron chi connectivity index (χ4n) is 2.54. The molecule has 28 heavy (non-hydrogen) atoms. The van der Waals surface area contributed by atoms with Gasteiger partial charge in [0.05, 0.1) is 0 Å². The third kappa shape index (κ3) is 12.1. The molecule has 0 aromatic carbocycles. The van der Waals surface area contributed by atoms with E-state index in [0.717, 1.165) is 19.0 Å². The molecular weight excluding hydrogens is 378 g/mol. The lowest BCUT2D eigenvalue weighted by Crippen LogP contribution is -2.40. The molecule has 0 aliphatic heterocycles. The number of carbonyl (C=O) groups is 2. The number of esters is 2. The summed E-state index contributed by atoms with van der Waals surface area (Å²) in [5, 5.41) is 0. The summed E-state index contributed by atoms with van der Waals surface area (Å²) in [5.41, 5.74) is 0.745. The van der Waals surface area contributed by atoms with Crippen molar-refractivity contribution in [2.24, 2.45) is 0 Å². The van der Waals surface area contributed by atoms with Crippen LogP contribution >= 0.6 is 0 Å². The van der Waals surface area contributed by atoms with Gasteiger partial charge in [0.1, 0.15) is 13.2 Å². The number of nitrogens with zero attached hydrogens (tertiary/aromatic N) is 1. The van der Waals surface area contributed by atoms with Crippen LogP contribution in [0.2, 0.25) is 12.6 Å². The molecule has 0 aliphatic carbocycles. The average molecular weight is 416 g/mol. The first kappa shape index (κ1) is 26.5. The third-order valence-electron chi connectivity index (χ3n) is 3.98. The zero-order valence-electron chi connectivity index (χ0n) is 18.2. The minimum atomic E-state index is -2.16. The van der Waals surface area contributed by atoms with E-state index in [1.807, 2.05) is 13.8 Å². The van der Waals surface area contributed by atoms with Gasteiger partial charge in [-0.05, 0) is 53.3 Å². The molecule has 0 saturated heterocycles. The van der Waals surface area contributed by atoms with E-state index in [2.05, 4.69) is 24.6 Å². The van der Waals surface area contributed by atoms with E-state index in [9.17, 15) is 9.59 Å². The van der Waals surface area contributed by atoms with Crippen LogP contribution in [0.15, 0.2) is 24.3 Å². The van der Waals surface area contributed by atoms with E-state index in [1.54, 1.807) is 13.8 Å². The standard InChI is InChI=1S/C20H37NO6Si/c1-8-26-28(7,27-9-2)16-10-11-21(12-14-24-19(22)17(3)4)13-15-25-20(23)18(5)6/h3,5,8-16H2,1-2,4,6-7H3. The smallest absolute Gasteiger partial charge is 0.334 e. The van der Waals surface area contributed by atoms with E-state index in [-0.39, 0.29) is 13.2 Å². The molecule has 162 valence electrons. The molecule has 8 heteroatoms. The quantitative estimate of drug-likeness (QED) is 0.218. The largest absolute Gasteiger partial charge is 0.461 e. The van der Waals surface area contributed by atoms with Crippen molar-refractivity contribution in [2.45, 2.75) is 46.7 Å². The Kier molecular flexibility index (Phi) is 13.7. The van der Waals surface area contributed by atoms with Gasteiger partial charge in [0.25, 0.3) is 0 Å². The van der Waals surface area contributed by atoms with E-state index >= 15 is 0 Å². The zero-order chi connectivity index (χ0) is 21.6.